The van der Waals surface area contributed by atoms with Crippen LogP contribution in [0.4, 0.5) is 4.79 Å². The van der Waals surface area contributed by atoms with Crippen LogP contribution in [0.2, 0.25) is 0 Å². The Morgan fingerprint density at radius 2 is 2.06 bits per heavy atom. The molecule has 86 valence electrons. The lowest BCUT2D eigenvalue weighted by atomic mass is 10.2. The van der Waals surface area contributed by atoms with Gasteiger partial charge >= 0.3 is 6.09 Å². The summed E-state index contributed by atoms with van der Waals surface area (Å²) in [4.78, 5) is 10.9. The van der Waals surface area contributed by atoms with E-state index in [2.05, 4.69) is 15.3 Å². The highest BCUT2D eigenvalue weighted by Crippen LogP contribution is 2.06. The summed E-state index contributed by atoms with van der Waals surface area (Å²) in [5, 5.41) is 3.92. The third-order valence-corrected chi connectivity index (χ3v) is 2.11. The number of nitrogens with zero attached hydrogens (tertiary/aromatic N) is 1. The Balaban J connectivity index is 2.63. The van der Waals surface area contributed by atoms with Gasteiger partial charge in [0, 0.05) is 5.56 Å². The number of carbonyl (C=O) groups is 1. The van der Waals surface area contributed by atoms with E-state index in [1.165, 1.54) is 0 Å². The predicted octanol–water partition coefficient (Wildman–Crippen LogP) is 2.64. The van der Waals surface area contributed by atoms with Crippen molar-refractivity contribution in [3.8, 4) is 0 Å². The third kappa shape index (κ3) is 3.90. The van der Waals surface area contributed by atoms with Crippen molar-refractivity contribution < 1.29 is 9.53 Å². The molecular formula is C11H13ClN2O2. The Hall–Kier alpha value is -1.55. The number of hydrogen-bond acceptors (Lipinski definition) is 3. The van der Waals surface area contributed by atoms with Crippen LogP contribution in [0, 0.1) is 6.92 Å². The molecule has 0 aliphatic heterocycles. The van der Waals surface area contributed by atoms with Crippen molar-refractivity contribution in [2.24, 2.45) is 5.10 Å². The van der Waals surface area contributed by atoms with Gasteiger partial charge in [-0.3, -0.25) is 0 Å². The van der Waals surface area contributed by atoms with Crippen LogP contribution < -0.4 is 5.43 Å². The summed E-state index contributed by atoms with van der Waals surface area (Å²) in [6.07, 6.45) is -0.618. The van der Waals surface area contributed by atoms with Gasteiger partial charge in [-0.15, -0.1) is 0 Å². The molecule has 0 aromatic heterocycles. The molecule has 0 heterocycles. The number of ether oxygens (including phenoxy) is 1. The van der Waals surface area contributed by atoms with Crippen molar-refractivity contribution >= 4 is 22.9 Å². The summed E-state index contributed by atoms with van der Waals surface area (Å²) in [5.74, 6) is 0. The van der Waals surface area contributed by atoms with Crippen LogP contribution in [0.25, 0.3) is 0 Å². The second kappa shape index (κ2) is 6.12. The first-order valence-corrected chi connectivity index (χ1v) is 5.24. The number of nitrogens with one attached hydrogen (secondary N) is 1. The van der Waals surface area contributed by atoms with Crippen LogP contribution >= 0.6 is 11.6 Å². The molecule has 1 aromatic rings. The minimum atomic E-state index is -0.618. The first kappa shape index (κ1) is 12.5. The smallest absolute Gasteiger partial charge is 0.427 e. The summed E-state index contributed by atoms with van der Waals surface area (Å²) in [6, 6.07) is 7.48. The second-order valence-corrected chi connectivity index (χ2v) is 3.46. The number of hydrazone groups is 1. The van der Waals surface area contributed by atoms with Gasteiger partial charge in [0.1, 0.15) is 0 Å². The number of rotatable bonds is 3. The van der Waals surface area contributed by atoms with Crippen molar-refractivity contribution in [2.75, 3.05) is 6.61 Å². The average molecular weight is 241 g/mol. The molecule has 0 saturated heterocycles. The van der Waals surface area contributed by atoms with Crippen LogP contribution in [0.1, 0.15) is 18.1 Å². The van der Waals surface area contributed by atoms with Gasteiger partial charge in [0.15, 0.2) is 5.17 Å². The number of halogens is 1. The normalized spacial score (nSPS) is 11.1. The van der Waals surface area contributed by atoms with E-state index in [-0.39, 0.29) is 5.17 Å². The van der Waals surface area contributed by atoms with Gasteiger partial charge in [-0.2, -0.15) is 5.10 Å². The van der Waals surface area contributed by atoms with Crippen molar-refractivity contribution in [2.45, 2.75) is 13.8 Å². The summed E-state index contributed by atoms with van der Waals surface area (Å²) in [5.41, 5.74) is 4.06. The number of aryl methyl sites for hydroxylation is 1. The molecule has 0 unspecified atom stereocenters. The molecule has 0 aliphatic rings. The maximum atomic E-state index is 10.9. The second-order valence-electron chi connectivity index (χ2n) is 3.10. The Kier molecular flexibility index (Phi) is 4.79. The molecule has 0 fully saturated rings. The number of amides is 1. The monoisotopic (exact) mass is 240 g/mol. The van der Waals surface area contributed by atoms with E-state index in [0.29, 0.717) is 6.61 Å². The highest BCUT2D eigenvalue weighted by Gasteiger charge is 2.01. The minimum absolute atomic E-state index is 0.216. The fourth-order valence-electron chi connectivity index (χ4n) is 1.01. The summed E-state index contributed by atoms with van der Waals surface area (Å²) in [6.45, 7) is 3.99. The molecule has 0 spiro atoms. The Morgan fingerprint density at radius 3 is 2.62 bits per heavy atom. The lowest BCUT2D eigenvalue weighted by Crippen LogP contribution is -2.19. The average Bonchev–Trinajstić information content (AvgIpc) is 2.27. The number of benzene rings is 1. The van der Waals surface area contributed by atoms with Crippen LogP contribution in [-0.2, 0) is 4.74 Å². The molecule has 1 rings (SSSR count). The van der Waals surface area contributed by atoms with E-state index in [0.717, 1.165) is 11.1 Å². The summed E-state index contributed by atoms with van der Waals surface area (Å²) >= 11 is 5.88. The summed E-state index contributed by atoms with van der Waals surface area (Å²) < 4.78 is 4.63. The van der Waals surface area contributed by atoms with E-state index in [4.69, 9.17) is 11.6 Å². The fourth-order valence-corrected chi connectivity index (χ4v) is 1.18. The van der Waals surface area contributed by atoms with E-state index < -0.39 is 6.09 Å². The fraction of sp³-hybridized carbons (Fsp3) is 0.273. The van der Waals surface area contributed by atoms with Gasteiger partial charge in [0.25, 0.3) is 0 Å². The SMILES string of the molecule is CCOC(=O)N/N=C(\Cl)c1ccc(C)cc1. The molecule has 4 nitrogen and oxygen atoms in total. The van der Waals surface area contributed by atoms with E-state index in [1.54, 1.807) is 6.92 Å². The van der Waals surface area contributed by atoms with Crippen molar-refractivity contribution in [3.63, 3.8) is 0 Å². The number of carbonyl (C=O) groups excluding carboxylic acids is 1. The third-order valence-electron chi connectivity index (χ3n) is 1.81. The van der Waals surface area contributed by atoms with Gasteiger partial charge in [0.05, 0.1) is 6.61 Å². The molecule has 0 saturated carbocycles. The van der Waals surface area contributed by atoms with Gasteiger partial charge < -0.3 is 4.74 Å². The molecule has 0 atom stereocenters. The largest absolute Gasteiger partial charge is 0.449 e. The standard InChI is InChI=1S/C11H13ClN2O2/c1-3-16-11(15)14-13-10(12)9-6-4-8(2)5-7-9/h4-7H,3H2,1-2H3,(H,14,15)/b13-10-. The lowest BCUT2D eigenvalue weighted by Gasteiger charge is -2.01. The highest BCUT2D eigenvalue weighted by molar-refractivity contribution is 6.69. The van der Waals surface area contributed by atoms with Gasteiger partial charge in [-0.25, -0.2) is 10.2 Å². The van der Waals surface area contributed by atoms with E-state index >= 15 is 0 Å². The predicted molar refractivity (Wildman–Crippen MR) is 63.7 cm³/mol. The molecular weight excluding hydrogens is 228 g/mol. The van der Waals surface area contributed by atoms with E-state index in [1.807, 2.05) is 31.2 Å². The quantitative estimate of drug-likeness (QED) is 0.652. The van der Waals surface area contributed by atoms with Crippen LogP contribution in [0.3, 0.4) is 0 Å². The van der Waals surface area contributed by atoms with Gasteiger partial charge in [0.2, 0.25) is 0 Å². The minimum Gasteiger partial charge on any atom is -0.449 e. The van der Waals surface area contributed by atoms with Gasteiger partial charge in [-0.05, 0) is 13.8 Å². The molecule has 0 aliphatic carbocycles. The molecule has 0 radical (unpaired) electrons. The molecule has 16 heavy (non-hydrogen) atoms. The first-order valence-electron chi connectivity index (χ1n) is 4.86. The van der Waals surface area contributed by atoms with Gasteiger partial charge in [-0.1, -0.05) is 41.4 Å². The van der Waals surface area contributed by atoms with Crippen molar-refractivity contribution in [1.29, 1.82) is 0 Å². The molecule has 5 heteroatoms. The van der Waals surface area contributed by atoms with Crippen molar-refractivity contribution in [3.05, 3.63) is 35.4 Å². The van der Waals surface area contributed by atoms with E-state index in [9.17, 15) is 4.79 Å². The van der Waals surface area contributed by atoms with Crippen LogP contribution in [0.5, 0.6) is 0 Å². The maximum absolute atomic E-state index is 10.9. The molecule has 1 aromatic carbocycles. The lowest BCUT2D eigenvalue weighted by molar-refractivity contribution is 0.152. The van der Waals surface area contributed by atoms with Crippen LogP contribution in [0.15, 0.2) is 29.4 Å². The topological polar surface area (TPSA) is 50.7 Å². The maximum Gasteiger partial charge on any atom is 0.427 e. The molecule has 1 amide bonds. The van der Waals surface area contributed by atoms with Crippen LogP contribution in [-0.4, -0.2) is 17.9 Å². The Bertz CT molecular complexity index is 387. The molecule has 1 N–H and O–H groups in total. The van der Waals surface area contributed by atoms with Crippen molar-refractivity contribution in [1.82, 2.24) is 5.43 Å². The zero-order valence-corrected chi connectivity index (χ0v) is 9.91. The number of hydrogen-bond donors (Lipinski definition) is 1. The first-order chi connectivity index (χ1) is 7.63. The zero-order valence-electron chi connectivity index (χ0n) is 9.16. The highest BCUT2D eigenvalue weighted by atomic mass is 35.5. The molecule has 0 bridgehead atoms. The Labute approximate surface area is 99.2 Å². The summed E-state index contributed by atoms with van der Waals surface area (Å²) in [7, 11) is 0. The zero-order chi connectivity index (χ0) is 12.0. The Morgan fingerprint density at radius 1 is 1.44 bits per heavy atom.